The molecule has 1 fully saturated rings. The quantitative estimate of drug-likeness (QED) is 0.287. The third kappa shape index (κ3) is 3.91. The van der Waals surface area contributed by atoms with Crippen molar-refractivity contribution in [3.05, 3.63) is 34.6 Å². The van der Waals surface area contributed by atoms with E-state index in [0.717, 1.165) is 18.4 Å². The van der Waals surface area contributed by atoms with Crippen molar-refractivity contribution in [3.63, 3.8) is 0 Å². The van der Waals surface area contributed by atoms with E-state index in [1.807, 2.05) is 0 Å². The van der Waals surface area contributed by atoms with Gasteiger partial charge in [-0.1, -0.05) is 37.3 Å². The molecule has 0 heterocycles. The molecule has 0 atom stereocenters. The van der Waals surface area contributed by atoms with E-state index in [0.29, 0.717) is 5.84 Å². The van der Waals surface area contributed by atoms with Gasteiger partial charge in [0.1, 0.15) is 11.7 Å². The summed E-state index contributed by atoms with van der Waals surface area (Å²) < 4.78 is 13.2. The molecule has 0 aromatic heterocycles. The largest absolute Gasteiger partial charge is 0.308 e. The van der Waals surface area contributed by atoms with Crippen LogP contribution in [0.5, 0.6) is 0 Å². The summed E-state index contributed by atoms with van der Waals surface area (Å²) in [6.07, 6.45) is 7.13. The lowest BCUT2D eigenvalue weighted by Gasteiger charge is -2.13. The summed E-state index contributed by atoms with van der Waals surface area (Å²) in [4.78, 5) is 4.65. The molecular weight excluding hydrogens is 265 g/mol. The number of benzene rings is 1. The fourth-order valence-electron chi connectivity index (χ4n) is 2.41. The van der Waals surface area contributed by atoms with Crippen molar-refractivity contribution in [1.29, 1.82) is 0 Å². The van der Waals surface area contributed by atoms with Crippen LogP contribution in [0, 0.1) is 5.82 Å². The van der Waals surface area contributed by atoms with Crippen LogP contribution in [0.3, 0.4) is 0 Å². The zero-order valence-corrected chi connectivity index (χ0v) is 11.6. The molecular formula is C14H19ClFN3. The maximum absolute atomic E-state index is 13.2. The number of nitrogens with zero attached hydrogens (tertiary/aromatic N) is 1. The first-order chi connectivity index (χ1) is 9.20. The minimum atomic E-state index is -0.434. The smallest absolute Gasteiger partial charge is 0.142 e. The van der Waals surface area contributed by atoms with E-state index in [1.165, 1.54) is 31.7 Å². The number of aliphatic imine (C=N–C) groups is 1. The molecule has 3 N–H and O–H groups in total. The maximum atomic E-state index is 13.2. The van der Waals surface area contributed by atoms with Crippen LogP contribution in [-0.2, 0) is 0 Å². The lowest BCUT2D eigenvalue weighted by atomic mass is 10.1. The Bertz CT molecular complexity index is 454. The molecule has 2 rings (SSSR count). The molecule has 1 aromatic rings. The van der Waals surface area contributed by atoms with Gasteiger partial charge in [-0.15, -0.1) is 0 Å². The predicted octanol–water partition coefficient (Wildman–Crippen LogP) is 3.41. The third-order valence-corrected chi connectivity index (χ3v) is 3.76. The highest BCUT2D eigenvalue weighted by Crippen LogP contribution is 2.21. The van der Waals surface area contributed by atoms with Crippen molar-refractivity contribution in [2.75, 3.05) is 0 Å². The summed E-state index contributed by atoms with van der Waals surface area (Å²) in [6, 6.07) is 4.80. The SMILES string of the molecule is NNC(=NC1CCCCCC1)c1ccc(F)c(Cl)c1. The first-order valence-corrected chi connectivity index (χ1v) is 7.08. The second kappa shape index (κ2) is 6.87. The van der Waals surface area contributed by atoms with Crippen molar-refractivity contribution >= 4 is 17.4 Å². The molecule has 0 spiro atoms. The van der Waals surface area contributed by atoms with Crippen LogP contribution in [0.15, 0.2) is 23.2 Å². The van der Waals surface area contributed by atoms with E-state index in [4.69, 9.17) is 17.4 Å². The molecule has 19 heavy (non-hydrogen) atoms. The molecule has 1 saturated carbocycles. The van der Waals surface area contributed by atoms with Gasteiger partial charge in [0.15, 0.2) is 0 Å². The zero-order chi connectivity index (χ0) is 13.7. The van der Waals surface area contributed by atoms with Crippen molar-refractivity contribution in [1.82, 2.24) is 5.43 Å². The summed E-state index contributed by atoms with van der Waals surface area (Å²) in [7, 11) is 0. The van der Waals surface area contributed by atoms with Crippen LogP contribution in [0.1, 0.15) is 44.1 Å². The molecule has 0 unspecified atom stereocenters. The van der Waals surface area contributed by atoms with E-state index in [-0.39, 0.29) is 11.1 Å². The van der Waals surface area contributed by atoms with Crippen LogP contribution in [0.4, 0.5) is 4.39 Å². The normalized spacial score (nSPS) is 18.2. The van der Waals surface area contributed by atoms with Gasteiger partial charge < -0.3 is 5.43 Å². The first kappa shape index (κ1) is 14.3. The van der Waals surface area contributed by atoms with Crippen molar-refractivity contribution in [2.45, 2.75) is 44.6 Å². The Labute approximate surface area is 118 Å². The summed E-state index contributed by atoms with van der Waals surface area (Å²) >= 11 is 5.79. The number of halogens is 2. The zero-order valence-electron chi connectivity index (χ0n) is 10.8. The maximum Gasteiger partial charge on any atom is 0.142 e. The van der Waals surface area contributed by atoms with Crippen molar-refractivity contribution < 1.29 is 4.39 Å². The highest BCUT2D eigenvalue weighted by molar-refractivity contribution is 6.31. The fourth-order valence-corrected chi connectivity index (χ4v) is 2.59. The molecule has 0 aliphatic heterocycles. The van der Waals surface area contributed by atoms with Crippen LogP contribution >= 0.6 is 11.6 Å². The van der Waals surface area contributed by atoms with Gasteiger partial charge in [0.2, 0.25) is 0 Å². The lowest BCUT2D eigenvalue weighted by molar-refractivity contribution is 0.583. The number of rotatable bonds is 2. The minimum Gasteiger partial charge on any atom is -0.308 e. The Hall–Kier alpha value is -1.13. The van der Waals surface area contributed by atoms with Gasteiger partial charge in [0, 0.05) is 5.56 Å². The second-order valence-electron chi connectivity index (χ2n) is 4.90. The van der Waals surface area contributed by atoms with Crippen LogP contribution in [0.2, 0.25) is 5.02 Å². The Morgan fingerprint density at radius 3 is 2.53 bits per heavy atom. The number of hydrogen-bond acceptors (Lipinski definition) is 2. The molecule has 0 saturated heterocycles. The summed E-state index contributed by atoms with van der Waals surface area (Å²) in [5.41, 5.74) is 3.32. The van der Waals surface area contributed by atoms with E-state index in [2.05, 4.69) is 10.4 Å². The van der Waals surface area contributed by atoms with Gasteiger partial charge in [-0.3, -0.25) is 4.99 Å². The Balaban J connectivity index is 2.19. The molecule has 0 amide bonds. The molecule has 0 bridgehead atoms. The van der Waals surface area contributed by atoms with Crippen LogP contribution in [-0.4, -0.2) is 11.9 Å². The minimum absolute atomic E-state index is 0.0846. The number of hydrazine groups is 1. The monoisotopic (exact) mass is 283 g/mol. The summed E-state index contributed by atoms with van der Waals surface area (Å²) in [6.45, 7) is 0. The molecule has 1 aromatic carbocycles. The number of hydrogen-bond donors (Lipinski definition) is 2. The average molecular weight is 284 g/mol. The average Bonchev–Trinajstić information content (AvgIpc) is 2.68. The predicted molar refractivity (Wildman–Crippen MR) is 76.8 cm³/mol. The molecule has 104 valence electrons. The van der Waals surface area contributed by atoms with Crippen molar-refractivity contribution in [2.24, 2.45) is 10.8 Å². The lowest BCUT2D eigenvalue weighted by Crippen LogP contribution is -2.32. The van der Waals surface area contributed by atoms with E-state index < -0.39 is 5.82 Å². The molecule has 0 radical (unpaired) electrons. The molecule has 1 aliphatic carbocycles. The Morgan fingerprint density at radius 2 is 1.95 bits per heavy atom. The van der Waals surface area contributed by atoms with Crippen LogP contribution < -0.4 is 11.3 Å². The summed E-state index contributed by atoms with van der Waals surface area (Å²) in [5.74, 6) is 5.68. The highest BCUT2D eigenvalue weighted by atomic mass is 35.5. The standard InChI is InChI=1S/C14H19ClFN3/c15-12-9-10(7-8-13(12)16)14(19-17)18-11-5-3-1-2-4-6-11/h7-9,11H,1-6,17H2,(H,18,19). The van der Waals surface area contributed by atoms with Gasteiger partial charge in [-0.05, 0) is 31.0 Å². The third-order valence-electron chi connectivity index (χ3n) is 3.47. The van der Waals surface area contributed by atoms with Crippen molar-refractivity contribution in [3.8, 4) is 0 Å². The highest BCUT2D eigenvalue weighted by Gasteiger charge is 2.13. The van der Waals surface area contributed by atoms with E-state index in [1.54, 1.807) is 12.1 Å². The van der Waals surface area contributed by atoms with Gasteiger partial charge >= 0.3 is 0 Å². The van der Waals surface area contributed by atoms with Gasteiger partial charge in [-0.25, -0.2) is 10.2 Å². The van der Waals surface area contributed by atoms with Crippen LogP contribution in [0.25, 0.3) is 0 Å². The fraction of sp³-hybridized carbons (Fsp3) is 0.500. The Morgan fingerprint density at radius 1 is 1.26 bits per heavy atom. The number of nitrogens with one attached hydrogen (secondary N) is 1. The van der Waals surface area contributed by atoms with E-state index >= 15 is 0 Å². The number of nitrogens with two attached hydrogens (primary N) is 1. The van der Waals surface area contributed by atoms with E-state index in [9.17, 15) is 4.39 Å². The van der Waals surface area contributed by atoms with Gasteiger partial charge in [0.25, 0.3) is 0 Å². The molecule has 5 heteroatoms. The number of amidine groups is 1. The molecule has 3 nitrogen and oxygen atoms in total. The Kier molecular flexibility index (Phi) is 5.16. The summed E-state index contributed by atoms with van der Waals surface area (Å²) in [5, 5.41) is 0.0846. The first-order valence-electron chi connectivity index (χ1n) is 6.70. The van der Waals surface area contributed by atoms with Gasteiger partial charge in [0.05, 0.1) is 11.1 Å². The van der Waals surface area contributed by atoms with Gasteiger partial charge in [-0.2, -0.15) is 0 Å². The molecule has 1 aliphatic rings. The topological polar surface area (TPSA) is 50.4 Å². The second-order valence-corrected chi connectivity index (χ2v) is 5.30.